The third kappa shape index (κ3) is 5.53. The summed E-state index contributed by atoms with van der Waals surface area (Å²) in [4.78, 5) is 20.2. The Labute approximate surface area is 62.4 Å². The molecule has 9 heavy (non-hydrogen) atoms. The number of allylic oxidation sites excluding steroid dienone is 2. The van der Waals surface area contributed by atoms with Crippen LogP contribution in [0.4, 0.5) is 0 Å². The van der Waals surface area contributed by atoms with Gasteiger partial charge in [-0.25, -0.2) is 0 Å². The van der Waals surface area contributed by atoms with Crippen LogP contribution in [0.2, 0.25) is 0 Å². The summed E-state index contributed by atoms with van der Waals surface area (Å²) in [6.45, 7) is 0. The van der Waals surface area contributed by atoms with Crippen molar-refractivity contribution in [3.8, 4) is 0 Å². The van der Waals surface area contributed by atoms with Crippen LogP contribution in [0.1, 0.15) is 0 Å². The van der Waals surface area contributed by atoms with Crippen molar-refractivity contribution < 1.29 is 9.59 Å². The molecule has 0 fully saturated rings. The molecule has 0 aliphatic heterocycles. The van der Waals surface area contributed by atoms with Gasteiger partial charge >= 0.3 is 0 Å². The summed E-state index contributed by atoms with van der Waals surface area (Å²) in [7, 11) is 0. The molecule has 0 aliphatic carbocycles. The lowest BCUT2D eigenvalue weighted by Gasteiger charge is -1.78. The predicted octanol–water partition coefficient (Wildman–Crippen LogP) is 1.12. The lowest BCUT2D eigenvalue weighted by atomic mass is 10.4. The maximum Gasteiger partial charge on any atom is 0.245 e. The average Bonchev–Trinajstić information content (AvgIpc) is 1.83. The molecule has 0 saturated heterocycles. The van der Waals surface area contributed by atoms with Gasteiger partial charge in [-0.2, -0.15) is 0 Å². The Bertz CT molecular complexity index is 151. The summed E-state index contributed by atoms with van der Waals surface area (Å²) < 4.78 is 0. The summed E-state index contributed by atoms with van der Waals surface area (Å²) in [6, 6.07) is 0. The zero-order valence-corrected chi connectivity index (χ0v) is 5.95. The number of ketones is 1. The largest absolute Gasteiger partial charge is 0.294 e. The van der Waals surface area contributed by atoms with Crippen LogP contribution in [0.3, 0.4) is 0 Å². The summed E-state index contributed by atoms with van der Waals surface area (Å²) >= 11 is 9.94. The van der Waals surface area contributed by atoms with Crippen molar-refractivity contribution in [2.24, 2.45) is 0 Å². The molecular weight excluding hydrogens is 163 g/mol. The Hall–Kier alpha value is -0.340. The number of hydrogen-bond donors (Lipinski definition) is 0. The number of carbonyl (C=O) groups is 2. The topological polar surface area (TPSA) is 34.1 Å². The van der Waals surface area contributed by atoms with Gasteiger partial charge in [0.1, 0.15) is 0 Å². The van der Waals surface area contributed by atoms with E-state index in [4.69, 9.17) is 23.2 Å². The van der Waals surface area contributed by atoms with Gasteiger partial charge in [0, 0.05) is 6.08 Å². The van der Waals surface area contributed by atoms with Gasteiger partial charge in [-0.1, -0.05) is 0 Å². The maximum absolute atomic E-state index is 10.3. The van der Waals surface area contributed by atoms with Gasteiger partial charge in [-0.15, -0.1) is 11.6 Å². The van der Waals surface area contributed by atoms with Crippen LogP contribution in [-0.4, -0.2) is 16.9 Å². The van der Waals surface area contributed by atoms with Gasteiger partial charge in [0.15, 0.2) is 5.78 Å². The van der Waals surface area contributed by atoms with E-state index in [9.17, 15) is 9.59 Å². The molecule has 0 bridgehead atoms. The van der Waals surface area contributed by atoms with Crippen LogP contribution >= 0.6 is 23.2 Å². The average molecular weight is 167 g/mol. The molecule has 0 aromatic rings. The highest BCUT2D eigenvalue weighted by Crippen LogP contribution is 1.85. The van der Waals surface area contributed by atoms with E-state index in [1.165, 1.54) is 0 Å². The van der Waals surface area contributed by atoms with Crippen molar-refractivity contribution in [1.82, 2.24) is 0 Å². The molecule has 0 spiro atoms. The van der Waals surface area contributed by atoms with Crippen molar-refractivity contribution in [2.45, 2.75) is 0 Å². The Balaban J connectivity index is 3.71. The normalized spacial score (nSPS) is 10.0. The molecule has 0 aliphatic rings. The van der Waals surface area contributed by atoms with Gasteiger partial charge in [-0.3, -0.25) is 9.59 Å². The minimum Gasteiger partial charge on any atom is -0.294 e. The molecule has 0 heterocycles. The second-order valence-corrected chi connectivity index (χ2v) is 1.88. The maximum atomic E-state index is 10.3. The minimum atomic E-state index is -0.673. The molecule has 50 valence electrons. The van der Waals surface area contributed by atoms with E-state index < -0.39 is 5.24 Å². The molecule has 2 nitrogen and oxygen atoms in total. The van der Waals surface area contributed by atoms with Crippen molar-refractivity contribution >= 4 is 34.2 Å². The molecule has 0 aromatic carbocycles. The van der Waals surface area contributed by atoms with E-state index in [2.05, 4.69) is 0 Å². The summed E-state index contributed by atoms with van der Waals surface area (Å²) in [6.07, 6.45) is 2.01. The van der Waals surface area contributed by atoms with Gasteiger partial charge in [0.05, 0.1) is 5.88 Å². The van der Waals surface area contributed by atoms with Crippen LogP contribution in [0, 0.1) is 0 Å². The monoisotopic (exact) mass is 166 g/mol. The molecule has 0 atom stereocenters. The molecule has 4 heteroatoms. The molecule has 0 amide bonds. The Morgan fingerprint density at radius 3 is 2.22 bits per heavy atom. The fourth-order valence-corrected chi connectivity index (χ4v) is 0.355. The Morgan fingerprint density at radius 2 is 1.89 bits per heavy atom. The van der Waals surface area contributed by atoms with Crippen molar-refractivity contribution in [2.75, 3.05) is 5.88 Å². The third-order valence-corrected chi connectivity index (χ3v) is 0.921. The first-order valence-corrected chi connectivity index (χ1v) is 3.04. The zero-order chi connectivity index (χ0) is 7.28. The predicted molar refractivity (Wildman–Crippen MR) is 35.7 cm³/mol. The zero-order valence-electron chi connectivity index (χ0n) is 4.43. The molecule has 0 saturated carbocycles. The fraction of sp³-hybridized carbons (Fsp3) is 0.200. The van der Waals surface area contributed by atoms with Crippen molar-refractivity contribution in [3.05, 3.63) is 12.2 Å². The molecule has 0 rings (SSSR count). The first-order chi connectivity index (χ1) is 4.16. The smallest absolute Gasteiger partial charge is 0.245 e. The number of alkyl halides is 1. The molecule has 0 aromatic heterocycles. The SMILES string of the molecule is O=C(Cl)C=CC(=O)CCl. The summed E-state index contributed by atoms with van der Waals surface area (Å²) in [5, 5.41) is -0.673. The Kier molecular flexibility index (Phi) is 4.36. The van der Waals surface area contributed by atoms with Crippen LogP contribution in [0.15, 0.2) is 12.2 Å². The van der Waals surface area contributed by atoms with E-state index in [-0.39, 0.29) is 11.7 Å². The molecular formula is C5H4Cl2O2. The van der Waals surface area contributed by atoms with E-state index in [1.54, 1.807) is 0 Å². The molecule has 0 unspecified atom stereocenters. The Morgan fingerprint density at radius 1 is 1.33 bits per heavy atom. The highest BCUT2D eigenvalue weighted by atomic mass is 35.5. The van der Waals surface area contributed by atoms with E-state index in [0.717, 1.165) is 12.2 Å². The van der Waals surface area contributed by atoms with Crippen LogP contribution < -0.4 is 0 Å². The fourth-order valence-electron chi connectivity index (χ4n) is 0.203. The lowest BCUT2D eigenvalue weighted by Crippen LogP contribution is -1.93. The molecule has 0 radical (unpaired) electrons. The minimum absolute atomic E-state index is 0.124. The lowest BCUT2D eigenvalue weighted by molar-refractivity contribution is -0.113. The first-order valence-electron chi connectivity index (χ1n) is 2.13. The number of halogens is 2. The summed E-state index contributed by atoms with van der Waals surface area (Å²) in [5.74, 6) is -0.452. The van der Waals surface area contributed by atoms with E-state index in [1.807, 2.05) is 0 Å². The van der Waals surface area contributed by atoms with Crippen LogP contribution in [0.5, 0.6) is 0 Å². The number of carbonyl (C=O) groups excluding carboxylic acids is 2. The van der Waals surface area contributed by atoms with Gasteiger partial charge in [0.2, 0.25) is 5.24 Å². The highest BCUT2D eigenvalue weighted by Gasteiger charge is 1.91. The first kappa shape index (κ1) is 8.66. The van der Waals surface area contributed by atoms with Gasteiger partial charge in [0.25, 0.3) is 0 Å². The van der Waals surface area contributed by atoms with Crippen molar-refractivity contribution in [1.29, 1.82) is 0 Å². The number of hydrogen-bond acceptors (Lipinski definition) is 2. The van der Waals surface area contributed by atoms with Gasteiger partial charge in [-0.05, 0) is 17.7 Å². The quantitative estimate of drug-likeness (QED) is 0.358. The number of rotatable bonds is 3. The van der Waals surface area contributed by atoms with Crippen LogP contribution in [0.25, 0.3) is 0 Å². The molecule has 0 N–H and O–H groups in total. The van der Waals surface area contributed by atoms with E-state index >= 15 is 0 Å². The third-order valence-electron chi connectivity index (χ3n) is 0.532. The van der Waals surface area contributed by atoms with Gasteiger partial charge < -0.3 is 0 Å². The second-order valence-electron chi connectivity index (χ2n) is 1.24. The second kappa shape index (κ2) is 4.53. The highest BCUT2D eigenvalue weighted by molar-refractivity contribution is 6.66. The van der Waals surface area contributed by atoms with Crippen LogP contribution in [-0.2, 0) is 9.59 Å². The van der Waals surface area contributed by atoms with Crippen molar-refractivity contribution in [3.63, 3.8) is 0 Å². The summed E-state index contributed by atoms with van der Waals surface area (Å²) in [5.41, 5.74) is 0. The standard InChI is InChI=1S/C5H4Cl2O2/c6-3-4(8)1-2-5(7)9/h1-2H,3H2. The van der Waals surface area contributed by atoms with E-state index in [0.29, 0.717) is 0 Å².